The number of rotatable bonds is 7. The monoisotopic (exact) mass is 352 g/mol. The summed E-state index contributed by atoms with van der Waals surface area (Å²) in [6.07, 6.45) is 4.82. The molecule has 1 aromatic rings. The minimum Gasteiger partial charge on any atom is -0.483 e. The molecule has 0 saturated heterocycles. The van der Waals surface area contributed by atoms with Crippen molar-refractivity contribution in [1.29, 1.82) is 0 Å². The van der Waals surface area contributed by atoms with Gasteiger partial charge in [-0.3, -0.25) is 4.79 Å². The summed E-state index contributed by atoms with van der Waals surface area (Å²) in [5.41, 5.74) is 1.22. The lowest BCUT2D eigenvalue weighted by Crippen LogP contribution is -2.33. The molecule has 2 fully saturated rings. The van der Waals surface area contributed by atoms with Gasteiger partial charge in [0, 0.05) is 25.7 Å². The van der Waals surface area contributed by atoms with Gasteiger partial charge in [-0.15, -0.1) is 0 Å². The first kappa shape index (κ1) is 14.9. The molecule has 2 aliphatic carbocycles. The van der Waals surface area contributed by atoms with Gasteiger partial charge in [-0.05, 0) is 59.3 Å². The van der Waals surface area contributed by atoms with Crippen LogP contribution in [0, 0.1) is 0 Å². The van der Waals surface area contributed by atoms with E-state index in [4.69, 9.17) is 4.74 Å². The molecular formula is C16H21BrN2O2. The van der Waals surface area contributed by atoms with Gasteiger partial charge < -0.3 is 15.0 Å². The number of halogens is 1. The van der Waals surface area contributed by atoms with Crippen molar-refractivity contribution in [3.05, 3.63) is 28.2 Å². The number of hydrogen-bond acceptors (Lipinski definition) is 3. The number of amides is 1. The first-order valence-corrected chi connectivity index (χ1v) is 8.33. The zero-order chi connectivity index (χ0) is 14.8. The molecule has 0 aromatic heterocycles. The van der Waals surface area contributed by atoms with E-state index in [-0.39, 0.29) is 12.5 Å². The Bertz CT molecular complexity index is 527. The number of carbonyl (C=O) groups is 1. The maximum absolute atomic E-state index is 11.9. The summed E-state index contributed by atoms with van der Waals surface area (Å²) in [6.45, 7) is 0.984. The summed E-state index contributed by atoms with van der Waals surface area (Å²) < 4.78 is 6.53. The molecule has 4 nitrogen and oxygen atoms in total. The molecule has 1 N–H and O–H groups in total. The Balaban J connectivity index is 1.51. The van der Waals surface area contributed by atoms with E-state index in [0.29, 0.717) is 12.1 Å². The molecule has 0 radical (unpaired) electrons. The zero-order valence-electron chi connectivity index (χ0n) is 12.3. The second-order valence-corrected chi connectivity index (χ2v) is 6.80. The van der Waals surface area contributed by atoms with Gasteiger partial charge in [0.2, 0.25) is 0 Å². The van der Waals surface area contributed by atoms with Crippen LogP contribution < -0.4 is 10.1 Å². The second kappa shape index (κ2) is 6.36. The predicted octanol–water partition coefficient (Wildman–Crippen LogP) is 2.70. The maximum atomic E-state index is 11.9. The van der Waals surface area contributed by atoms with Crippen LogP contribution in [0.2, 0.25) is 0 Å². The number of benzene rings is 1. The largest absolute Gasteiger partial charge is 0.483 e. The number of hydrogen-bond donors (Lipinski definition) is 1. The standard InChI is InChI=1S/C16H21BrN2O2/c1-19(13-5-6-13)16(20)10-21-15-7-2-11(8-14(15)17)9-18-12-3-4-12/h2,7-8,12-13,18H,3-6,9-10H2,1H3. The van der Waals surface area contributed by atoms with E-state index in [2.05, 4.69) is 27.3 Å². The highest BCUT2D eigenvalue weighted by Crippen LogP contribution is 2.28. The minimum absolute atomic E-state index is 0.0453. The van der Waals surface area contributed by atoms with E-state index in [1.54, 1.807) is 4.90 Å². The van der Waals surface area contributed by atoms with Crippen molar-refractivity contribution in [2.45, 2.75) is 44.3 Å². The first-order valence-electron chi connectivity index (χ1n) is 7.54. The first-order chi connectivity index (χ1) is 10.1. The summed E-state index contributed by atoms with van der Waals surface area (Å²) in [5, 5.41) is 3.48. The zero-order valence-corrected chi connectivity index (χ0v) is 13.9. The van der Waals surface area contributed by atoms with Gasteiger partial charge in [-0.2, -0.15) is 0 Å². The van der Waals surface area contributed by atoms with Crippen LogP contribution in [0.3, 0.4) is 0 Å². The van der Waals surface area contributed by atoms with Crippen molar-refractivity contribution in [2.24, 2.45) is 0 Å². The molecule has 0 aliphatic heterocycles. The highest BCUT2D eigenvalue weighted by Gasteiger charge is 2.29. The number of nitrogens with one attached hydrogen (secondary N) is 1. The molecule has 0 spiro atoms. The fraction of sp³-hybridized carbons (Fsp3) is 0.562. The van der Waals surface area contributed by atoms with Crippen LogP contribution in [0.1, 0.15) is 31.2 Å². The lowest BCUT2D eigenvalue weighted by Gasteiger charge is -2.17. The van der Waals surface area contributed by atoms with E-state index in [9.17, 15) is 4.79 Å². The van der Waals surface area contributed by atoms with Gasteiger partial charge in [0.1, 0.15) is 5.75 Å². The van der Waals surface area contributed by atoms with Gasteiger partial charge in [0.15, 0.2) is 6.61 Å². The molecule has 0 unspecified atom stereocenters. The second-order valence-electron chi connectivity index (χ2n) is 5.94. The number of carbonyl (C=O) groups excluding carboxylic acids is 1. The summed E-state index contributed by atoms with van der Waals surface area (Å²) >= 11 is 3.52. The number of nitrogens with zero attached hydrogens (tertiary/aromatic N) is 1. The van der Waals surface area contributed by atoms with Gasteiger partial charge in [-0.1, -0.05) is 6.07 Å². The van der Waals surface area contributed by atoms with Crippen molar-refractivity contribution in [2.75, 3.05) is 13.7 Å². The fourth-order valence-corrected chi connectivity index (χ4v) is 2.77. The quantitative estimate of drug-likeness (QED) is 0.820. The van der Waals surface area contributed by atoms with Crippen molar-refractivity contribution >= 4 is 21.8 Å². The highest BCUT2D eigenvalue weighted by atomic mass is 79.9. The van der Waals surface area contributed by atoms with E-state index in [0.717, 1.165) is 29.6 Å². The van der Waals surface area contributed by atoms with Crippen molar-refractivity contribution in [1.82, 2.24) is 10.2 Å². The third-order valence-electron chi connectivity index (χ3n) is 4.01. The normalized spacial score (nSPS) is 17.6. The summed E-state index contributed by atoms with van der Waals surface area (Å²) in [4.78, 5) is 13.7. The summed E-state index contributed by atoms with van der Waals surface area (Å²) in [7, 11) is 1.85. The topological polar surface area (TPSA) is 41.6 Å². The predicted molar refractivity (Wildman–Crippen MR) is 85.3 cm³/mol. The molecule has 1 amide bonds. The lowest BCUT2D eigenvalue weighted by atomic mass is 10.2. The van der Waals surface area contributed by atoms with Crippen LogP contribution in [0.15, 0.2) is 22.7 Å². The van der Waals surface area contributed by atoms with Gasteiger partial charge in [0.25, 0.3) is 5.91 Å². The molecule has 2 aliphatic rings. The van der Waals surface area contributed by atoms with Crippen molar-refractivity contribution < 1.29 is 9.53 Å². The highest BCUT2D eigenvalue weighted by molar-refractivity contribution is 9.10. The Labute approximate surface area is 134 Å². The minimum atomic E-state index is 0.0453. The lowest BCUT2D eigenvalue weighted by molar-refractivity contribution is -0.132. The van der Waals surface area contributed by atoms with E-state index >= 15 is 0 Å². The third kappa shape index (κ3) is 4.20. The van der Waals surface area contributed by atoms with Crippen LogP contribution in [0.25, 0.3) is 0 Å². The Morgan fingerprint density at radius 1 is 1.38 bits per heavy atom. The molecule has 0 bridgehead atoms. The number of likely N-dealkylation sites (N-methyl/N-ethyl adjacent to an activating group) is 1. The number of ether oxygens (including phenoxy) is 1. The smallest absolute Gasteiger partial charge is 0.260 e. The maximum Gasteiger partial charge on any atom is 0.260 e. The van der Waals surface area contributed by atoms with Gasteiger partial charge in [0.05, 0.1) is 4.47 Å². The van der Waals surface area contributed by atoms with Crippen LogP contribution in [0.5, 0.6) is 5.75 Å². The molecule has 5 heteroatoms. The molecule has 0 atom stereocenters. The molecular weight excluding hydrogens is 332 g/mol. The van der Waals surface area contributed by atoms with Gasteiger partial charge >= 0.3 is 0 Å². The Kier molecular flexibility index (Phi) is 4.50. The third-order valence-corrected chi connectivity index (χ3v) is 4.63. The summed E-state index contributed by atoms with van der Waals surface area (Å²) in [5.74, 6) is 0.770. The molecule has 114 valence electrons. The van der Waals surface area contributed by atoms with Crippen LogP contribution in [-0.4, -0.2) is 36.5 Å². The van der Waals surface area contributed by atoms with Crippen LogP contribution in [0.4, 0.5) is 0 Å². The van der Waals surface area contributed by atoms with E-state index in [1.165, 1.54) is 18.4 Å². The van der Waals surface area contributed by atoms with Crippen molar-refractivity contribution in [3.63, 3.8) is 0 Å². The molecule has 0 heterocycles. The average Bonchev–Trinajstić information content (AvgIpc) is 3.36. The molecule has 1 aromatic carbocycles. The fourth-order valence-electron chi connectivity index (χ4n) is 2.23. The SMILES string of the molecule is CN(C(=O)COc1ccc(CNC2CC2)cc1Br)C1CC1. The molecule has 21 heavy (non-hydrogen) atoms. The summed E-state index contributed by atoms with van der Waals surface area (Å²) in [6, 6.07) is 7.17. The molecule has 2 saturated carbocycles. The van der Waals surface area contributed by atoms with Gasteiger partial charge in [-0.25, -0.2) is 0 Å². The van der Waals surface area contributed by atoms with E-state index in [1.807, 2.05) is 19.2 Å². The molecule has 3 rings (SSSR count). The van der Waals surface area contributed by atoms with E-state index < -0.39 is 0 Å². The van der Waals surface area contributed by atoms with Crippen molar-refractivity contribution in [3.8, 4) is 5.75 Å². The Morgan fingerprint density at radius 3 is 2.76 bits per heavy atom. The Hall–Kier alpha value is -1.07. The van der Waals surface area contributed by atoms with Crippen LogP contribution in [-0.2, 0) is 11.3 Å². The Morgan fingerprint density at radius 2 is 2.14 bits per heavy atom. The average molecular weight is 353 g/mol. The van der Waals surface area contributed by atoms with Crippen LogP contribution >= 0.6 is 15.9 Å².